The number of carbonyl (C=O) groups excluding carboxylic acids is 2. The lowest BCUT2D eigenvalue weighted by molar-refractivity contribution is 0.0682. The second-order valence-electron chi connectivity index (χ2n) is 10.8. The van der Waals surface area contributed by atoms with Crippen LogP contribution in [0, 0.1) is 0 Å². The molecule has 0 fully saturated rings. The van der Waals surface area contributed by atoms with Gasteiger partial charge in [-0.2, -0.15) is 0 Å². The van der Waals surface area contributed by atoms with Gasteiger partial charge < -0.3 is 38.6 Å². The fourth-order valence-electron chi connectivity index (χ4n) is 5.20. The molecule has 0 unspecified atom stereocenters. The van der Waals surface area contributed by atoms with Gasteiger partial charge in [0.1, 0.15) is 0 Å². The number of benzene rings is 2. The summed E-state index contributed by atoms with van der Waals surface area (Å²) in [7, 11) is -4.71. The van der Waals surface area contributed by atoms with Crippen molar-refractivity contribution >= 4 is 40.9 Å². The first-order valence-corrected chi connectivity index (χ1v) is 20.8. The Morgan fingerprint density at radius 2 is 0.957 bits per heavy atom. The second-order valence-corrected chi connectivity index (χ2v) is 17.5. The fraction of sp³-hybridized carbons (Fsp3) is 0.500. The number of aromatic carboxylic acids is 2. The van der Waals surface area contributed by atoms with Gasteiger partial charge in [0.05, 0.1) is 22.3 Å². The highest BCUT2D eigenvalue weighted by Gasteiger charge is 2.31. The van der Waals surface area contributed by atoms with Crippen LogP contribution in [-0.4, -0.2) is 90.6 Å². The highest BCUT2D eigenvalue weighted by Crippen LogP contribution is 2.26. The predicted molar refractivity (Wildman–Crippen MR) is 179 cm³/mol. The first kappa shape index (κ1) is 38.8. The van der Waals surface area contributed by atoms with Crippen LogP contribution in [0.5, 0.6) is 0 Å². The molecule has 12 nitrogen and oxygen atoms in total. The zero-order valence-electron chi connectivity index (χ0n) is 27.7. The van der Waals surface area contributed by atoms with Gasteiger partial charge in [-0.1, -0.05) is 12.1 Å². The summed E-state index contributed by atoms with van der Waals surface area (Å²) in [6.07, 6.45) is 1.19. The molecule has 0 aliphatic heterocycles. The maximum atomic E-state index is 13.1. The molecule has 0 aliphatic rings. The Labute approximate surface area is 273 Å². The van der Waals surface area contributed by atoms with E-state index in [9.17, 15) is 29.4 Å². The minimum Gasteiger partial charge on any atom is -0.478 e. The Morgan fingerprint density at radius 1 is 0.587 bits per heavy atom. The molecular formula is C32H48N2O10Si2. The quantitative estimate of drug-likeness (QED) is 0.101. The van der Waals surface area contributed by atoms with Gasteiger partial charge in [0.2, 0.25) is 0 Å². The zero-order chi connectivity index (χ0) is 34.3. The van der Waals surface area contributed by atoms with Crippen LogP contribution in [0.1, 0.15) is 82.0 Å². The molecule has 0 saturated heterocycles. The number of carboxylic acid groups (broad SMARTS) is 2. The molecule has 2 rings (SSSR count). The van der Waals surface area contributed by atoms with E-state index in [1.165, 1.54) is 30.3 Å². The van der Waals surface area contributed by atoms with Crippen LogP contribution in [0.15, 0.2) is 36.4 Å². The Morgan fingerprint density at radius 3 is 1.35 bits per heavy atom. The summed E-state index contributed by atoms with van der Waals surface area (Å²) in [4.78, 5) is 50.2. The molecule has 0 atom stereocenters. The highest BCUT2D eigenvalue weighted by molar-refractivity contribution is 6.66. The molecule has 0 bridgehead atoms. The summed E-state index contributed by atoms with van der Waals surface area (Å²) >= 11 is 0. The minimum absolute atomic E-state index is 0.0133. The topological polar surface area (TPSA) is 170 Å². The molecule has 0 heterocycles. The smallest absolute Gasteiger partial charge is 0.336 e. The fourth-order valence-corrected chi connectivity index (χ4v) is 10.0. The summed E-state index contributed by atoms with van der Waals surface area (Å²) in [5, 5.41) is 25.2. The second kappa shape index (κ2) is 18.7. The van der Waals surface area contributed by atoms with Gasteiger partial charge in [-0.25, -0.2) is 9.59 Å². The molecule has 0 radical (unpaired) electrons. The summed E-state index contributed by atoms with van der Waals surface area (Å²) < 4.78 is 23.3. The average Bonchev–Trinajstić information content (AvgIpc) is 3.01. The van der Waals surface area contributed by atoms with Crippen molar-refractivity contribution < 1.29 is 47.1 Å². The zero-order valence-corrected chi connectivity index (χ0v) is 29.7. The summed E-state index contributed by atoms with van der Waals surface area (Å²) in [6.45, 7) is 14.3. The number of hydrogen-bond donors (Lipinski definition) is 4. The third-order valence-corrected chi connectivity index (χ3v) is 13.4. The summed E-state index contributed by atoms with van der Waals surface area (Å²) in [5.41, 5.74) is 0.348. The Balaban J connectivity index is 2.21. The molecule has 254 valence electrons. The summed E-state index contributed by atoms with van der Waals surface area (Å²) in [6, 6.07) is 9.87. The third kappa shape index (κ3) is 11.4. The molecule has 46 heavy (non-hydrogen) atoms. The van der Waals surface area contributed by atoms with Gasteiger partial charge in [0.15, 0.2) is 0 Å². The van der Waals surface area contributed by atoms with E-state index < -0.39 is 40.9 Å². The van der Waals surface area contributed by atoms with E-state index in [0.29, 0.717) is 69.0 Å². The first-order chi connectivity index (χ1) is 21.8. The van der Waals surface area contributed by atoms with Crippen LogP contribution in [0.25, 0.3) is 11.1 Å². The van der Waals surface area contributed by atoms with E-state index in [0.717, 1.165) is 0 Å². The molecule has 0 aromatic heterocycles. The normalized spacial score (nSPS) is 11.7. The van der Waals surface area contributed by atoms with Crippen LogP contribution >= 0.6 is 0 Å². The summed E-state index contributed by atoms with van der Waals surface area (Å²) in [5.74, 6) is -3.67. The Bertz CT molecular complexity index is 1340. The number of carbonyl (C=O) groups is 4. The largest absolute Gasteiger partial charge is 0.478 e. The van der Waals surface area contributed by atoms with Gasteiger partial charge in [-0.05, 0) is 101 Å². The molecule has 2 aromatic carbocycles. The highest BCUT2D eigenvalue weighted by atomic mass is 28.4. The lowest BCUT2D eigenvalue weighted by atomic mass is 9.95. The van der Waals surface area contributed by atoms with Gasteiger partial charge in [0, 0.05) is 39.5 Å². The van der Waals surface area contributed by atoms with Crippen LogP contribution < -0.4 is 10.6 Å². The van der Waals surface area contributed by atoms with Crippen molar-refractivity contribution in [2.45, 2.75) is 65.7 Å². The number of hydrogen-bond acceptors (Lipinski definition) is 8. The van der Waals surface area contributed by atoms with Gasteiger partial charge in [0.25, 0.3) is 11.8 Å². The van der Waals surface area contributed by atoms with Crippen molar-refractivity contribution in [2.24, 2.45) is 0 Å². The van der Waals surface area contributed by atoms with Crippen LogP contribution in [0.3, 0.4) is 0 Å². The van der Waals surface area contributed by atoms with E-state index in [1.54, 1.807) is 6.07 Å². The van der Waals surface area contributed by atoms with Crippen molar-refractivity contribution in [1.82, 2.24) is 10.6 Å². The number of carboxylic acids is 2. The van der Waals surface area contributed by atoms with Crippen molar-refractivity contribution in [1.29, 1.82) is 0 Å². The Hall–Kier alpha value is -3.41. The van der Waals surface area contributed by atoms with Crippen molar-refractivity contribution in [2.75, 3.05) is 39.5 Å². The van der Waals surface area contributed by atoms with Crippen molar-refractivity contribution in [3.63, 3.8) is 0 Å². The van der Waals surface area contributed by atoms with Gasteiger partial charge in [-0.15, -0.1) is 0 Å². The number of nitrogens with one attached hydrogen (secondary N) is 2. The average molecular weight is 677 g/mol. The molecule has 4 N–H and O–H groups in total. The van der Waals surface area contributed by atoms with E-state index in [-0.39, 0.29) is 28.8 Å². The monoisotopic (exact) mass is 676 g/mol. The predicted octanol–water partition coefficient (Wildman–Crippen LogP) is 5.28. The lowest BCUT2D eigenvalue weighted by Crippen LogP contribution is -2.39. The standard InChI is InChI=1S/C32H48N2O10Si2/c1-7-41-45(5,42-8-2)19-11-17-33-29(35)25-15-13-24(22-28(25)32(39)40)23-14-16-26(31(37)38)27(21-23)30(36)34-18-12-20-46(6,43-9-3)44-10-4/h13-16,21-22H,7-12,17-20H2,1-6H3,(H,33,35)(H,34,36)(H,37,38)(H,39,40). The molecule has 2 aromatic rings. The number of rotatable bonds is 21. The van der Waals surface area contributed by atoms with Gasteiger partial charge in [-0.3, -0.25) is 9.59 Å². The van der Waals surface area contributed by atoms with Crippen LogP contribution in [0.2, 0.25) is 25.2 Å². The van der Waals surface area contributed by atoms with E-state index in [4.69, 9.17) is 17.7 Å². The maximum absolute atomic E-state index is 13.1. The molecular weight excluding hydrogens is 629 g/mol. The molecule has 2 amide bonds. The van der Waals surface area contributed by atoms with Crippen LogP contribution in [-0.2, 0) is 17.7 Å². The maximum Gasteiger partial charge on any atom is 0.336 e. The molecule has 0 aliphatic carbocycles. The van der Waals surface area contributed by atoms with Crippen LogP contribution in [0.4, 0.5) is 0 Å². The Kier molecular flexibility index (Phi) is 15.7. The van der Waals surface area contributed by atoms with Crippen molar-refractivity contribution in [3.8, 4) is 11.1 Å². The van der Waals surface area contributed by atoms with E-state index >= 15 is 0 Å². The number of amides is 2. The van der Waals surface area contributed by atoms with E-state index in [1.807, 2.05) is 40.8 Å². The van der Waals surface area contributed by atoms with Gasteiger partial charge >= 0.3 is 29.1 Å². The molecule has 0 spiro atoms. The third-order valence-electron chi connectivity index (χ3n) is 7.31. The molecule has 14 heteroatoms. The molecule has 0 saturated carbocycles. The first-order valence-electron chi connectivity index (χ1n) is 15.7. The van der Waals surface area contributed by atoms with Crippen molar-refractivity contribution in [3.05, 3.63) is 58.7 Å². The SMILES string of the molecule is CCO[Si](C)(CCCNC(=O)c1ccc(-c2ccc(C(=O)O)c(C(=O)NCCC[Si](C)(OCC)OCC)c2)cc1C(=O)O)OCC. The lowest BCUT2D eigenvalue weighted by Gasteiger charge is -2.25. The van der Waals surface area contributed by atoms with E-state index in [2.05, 4.69) is 10.6 Å². The minimum atomic E-state index is -2.36.